The minimum absolute atomic E-state index is 0.0300. The molecule has 0 unspecified atom stereocenters. The van der Waals surface area contributed by atoms with Crippen LogP contribution in [-0.4, -0.2) is 21.4 Å². The number of hydrogen-bond acceptors (Lipinski definition) is 4. The molecule has 1 heterocycles. The van der Waals surface area contributed by atoms with Gasteiger partial charge in [0, 0.05) is 29.3 Å². The van der Waals surface area contributed by atoms with Crippen LogP contribution >= 0.6 is 11.5 Å². The zero-order valence-electron chi connectivity index (χ0n) is 20.0. The highest BCUT2D eigenvalue weighted by Gasteiger charge is 2.27. The summed E-state index contributed by atoms with van der Waals surface area (Å²) in [5.74, 6) is -0.818. The molecule has 1 N–H and O–H groups in total. The zero-order valence-corrected chi connectivity index (χ0v) is 20.8. The number of carboxylic acids is 1. The van der Waals surface area contributed by atoms with Crippen molar-refractivity contribution in [3.63, 3.8) is 0 Å². The van der Waals surface area contributed by atoms with Crippen LogP contribution in [0, 0.1) is 5.92 Å². The molecule has 3 aromatic carbocycles. The van der Waals surface area contributed by atoms with Crippen molar-refractivity contribution >= 4 is 45.3 Å². The van der Waals surface area contributed by atoms with Gasteiger partial charge in [0.05, 0.1) is 11.2 Å². The average Bonchev–Trinajstić information content (AvgIpc) is 3.39. The van der Waals surface area contributed by atoms with Crippen molar-refractivity contribution in [2.24, 2.45) is 5.92 Å². The van der Waals surface area contributed by atoms with Gasteiger partial charge in [-0.2, -0.15) is 4.37 Å². The fourth-order valence-corrected chi connectivity index (χ4v) is 5.54. The maximum atomic E-state index is 13.7. The van der Waals surface area contributed by atoms with Gasteiger partial charge in [-0.3, -0.25) is 4.79 Å². The Morgan fingerprint density at radius 2 is 1.75 bits per heavy atom. The van der Waals surface area contributed by atoms with Crippen molar-refractivity contribution in [2.75, 3.05) is 4.90 Å². The number of nitrogens with zero attached hydrogens (tertiary/aromatic N) is 2. The normalized spacial score (nSPS) is 14.3. The van der Waals surface area contributed by atoms with Gasteiger partial charge in [0.25, 0.3) is 0 Å². The van der Waals surface area contributed by atoms with Crippen molar-refractivity contribution in [3.8, 4) is 11.1 Å². The number of carbonyl (C=O) groups is 2. The highest BCUT2D eigenvalue weighted by molar-refractivity contribution is 7.13. The van der Waals surface area contributed by atoms with Crippen LogP contribution in [0.2, 0.25) is 0 Å². The van der Waals surface area contributed by atoms with Gasteiger partial charge < -0.3 is 10.0 Å². The van der Waals surface area contributed by atoms with Crippen molar-refractivity contribution in [3.05, 3.63) is 90.1 Å². The van der Waals surface area contributed by atoms with Gasteiger partial charge in [-0.15, -0.1) is 0 Å². The second kappa shape index (κ2) is 10.9. The van der Waals surface area contributed by atoms with Crippen molar-refractivity contribution in [2.45, 2.75) is 38.6 Å². The number of benzene rings is 3. The number of hydrogen-bond donors (Lipinski definition) is 1. The molecule has 0 bridgehead atoms. The maximum Gasteiger partial charge on any atom is 0.328 e. The first-order valence-electron chi connectivity index (χ1n) is 12.3. The van der Waals surface area contributed by atoms with E-state index in [2.05, 4.69) is 46.8 Å². The molecule has 1 aliphatic carbocycles. The van der Waals surface area contributed by atoms with Crippen molar-refractivity contribution < 1.29 is 14.7 Å². The molecule has 4 aromatic rings. The van der Waals surface area contributed by atoms with Gasteiger partial charge in [-0.25, -0.2) is 4.79 Å². The third-order valence-electron chi connectivity index (χ3n) is 6.81. The molecule has 1 saturated carbocycles. The lowest BCUT2D eigenvalue weighted by Crippen LogP contribution is -2.36. The van der Waals surface area contributed by atoms with Crippen LogP contribution in [0.15, 0.2) is 79.0 Å². The molecule has 0 spiro atoms. The summed E-state index contributed by atoms with van der Waals surface area (Å²) in [5, 5.41) is 10.1. The van der Waals surface area contributed by atoms with E-state index >= 15 is 0 Å². The Balaban J connectivity index is 1.42. The second-order valence-corrected chi connectivity index (χ2v) is 10.1. The molecule has 0 atom stereocenters. The summed E-state index contributed by atoms with van der Waals surface area (Å²) in [5.41, 5.74) is 4.86. The van der Waals surface area contributed by atoms with E-state index in [-0.39, 0.29) is 11.8 Å². The summed E-state index contributed by atoms with van der Waals surface area (Å²) >= 11 is 1.50. The van der Waals surface area contributed by atoms with E-state index in [9.17, 15) is 9.59 Å². The summed E-state index contributed by atoms with van der Waals surface area (Å²) in [7, 11) is 0. The first kappa shape index (κ1) is 23.9. The lowest BCUT2D eigenvalue weighted by atomic mass is 9.88. The summed E-state index contributed by atoms with van der Waals surface area (Å²) in [6.07, 6.45) is 9.78. The fourth-order valence-electron chi connectivity index (χ4n) is 4.85. The first-order chi connectivity index (χ1) is 17.6. The van der Waals surface area contributed by atoms with E-state index in [0.29, 0.717) is 6.54 Å². The Kier molecular flexibility index (Phi) is 7.23. The molecule has 5 nitrogen and oxygen atoms in total. The minimum atomic E-state index is -0.995. The number of amides is 1. The average molecular weight is 497 g/mol. The molecule has 36 heavy (non-hydrogen) atoms. The van der Waals surface area contributed by atoms with E-state index < -0.39 is 5.97 Å². The number of fused-ring (bicyclic) bond motifs is 1. The largest absolute Gasteiger partial charge is 0.478 e. The molecule has 6 heteroatoms. The number of aliphatic carboxylic acids is 1. The van der Waals surface area contributed by atoms with Crippen LogP contribution in [0.1, 0.15) is 43.2 Å². The SMILES string of the molecule is O=C(O)C=Cc1cccc(N(Cc2ccc(-c3ccc4cnsc4c3)cc2)C(=O)C2CCCCC2)c1. The van der Waals surface area contributed by atoms with Gasteiger partial charge in [0.15, 0.2) is 0 Å². The molecule has 1 aliphatic rings. The minimum Gasteiger partial charge on any atom is -0.478 e. The highest BCUT2D eigenvalue weighted by atomic mass is 32.1. The maximum absolute atomic E-state index is 13.7. The summed E-state index contributed by atoms with van der Waals surface area (Å²) in [6.45, 7) is 0.468. The Labute approximate surface area is 214 Å². The summed E-state index contributed by atoms with van der Waals surface area (Å²) < 4.78 is 5.43. The van der Waals surface area contributed by atoms with Crippen LogP contribution in [0.25, 0.3) is 27.3 Å². The van der Waals surface area contributed by atoms with Gasteiger partial charge >= 0.3 is 5.97 Å². The summed E-state index contributed by atoms with van der Waals surface area (Å²) in [6, 6.07) is 22.3. The van der Waals surface area contributed by atoms with Crippen LogP contribution in [-0.2, 0) is 16.1 Å². The third kappa shape index (κ3) is 5.55. The Bertz CT molecular complexity index is 1400. The Morgan fingerprint density at radius 1 is 0.972 bits per heavy atom. The molecule has 0 radical (unpaired) electrons. The predicted octanol–water partition coefficient (Wildman–Crippen LogP) is 7.17. The molecular formula is C30H28N2O3S. The molecule has 1 fully saturated rings. The Morgan fingerprint density at radius 3 is 2.53 bits per heavy atom. The number of aromatic nitrogens is 1. The lowest BCUT2D eigenvalue weighted by molar-refractivity contribution is -0.131. The van der Waals surface area contributed by atoms with Gasteiger partial charge in [-0.1, -0.05) is 67.8 Å². The molecular weight excluding hydrogens is 468 g/mol. The van der Waals surface area contributed by atoms with E-state index in [4.69, 9.17) is 5.11 Å². The van der Waals surface area contributed by atoms with Crippen molar-refractivity contribution in [1.82, 2.24) is 4.37 Å². The fraction of sp³-hybridized carbons (Fsp3) is 0.233. The quantitative estimate of drug-likeness (QED) is 0.275. The third-order valence-corrected chi connectivity index (χ3v) is 7.57. The van der Waals surface area contributed by atoms with E-state index in [0.717, 1.165) is 69.8 Å². The number of anilines is 1. The van der Waals surface area contributed by atoms with Gasteiger partial charge in [-0.05, 0) is 70.9 Å². The van der Waals surface area contributed by atoms with Crippen molar-refractivity contribution in [1.29, 1.82) is 0 Å². The smallest absolute Gasteiger partial charge is 0.328 e. The second-order valence-electron chi connectivity index (χ2n) is 9.30. The molecule has 182 valence electrons. The zero-order chi connectivity index (χ0) is 24.9. The van der Waals surface area contributed by atoms with Gasteiger partial charge in [0.1, 0.15) is 0 Å². The number of carboxylic acid groups (broad SMARTS) is 1. The Hall–Kier alpha value is -3.77. The summed E-state index contributed by atoms with van der Waals surface area (Å²) in [4.78, 5) is 26.5. The van der Waals surface area contributed by atoms with Crippen LogP contribution in [0.3, 0.4) is 0 Å². The van der Waals surface area contributed by atoms with Gasteiger partial charge in [0.2, 0.25) is 5.91 Å². The van der Waals surface area contributed by atoms with Crippen LogP contribution < -0.4 is 4.90 Å². The monoisotopic (exact) mass is 496 g/mol. The molecule has 1 aromatic heterocycles. The van der Waals surface area contributed by atoms with E-state index in [1.54, 1.807) is 6.08 Å². The first-order valence-corrected chi connectivity index (χ1v) is 13.1. The standard InChI is InChI=1S/C30H28N2O3S/c33-29(34)16-11-21-5-4-8-27(17-21)32(30(35)24-6-2-1-3-7-24)20-22-9-12-23(13-10-22)25-14-15-26-19-31-36-28(26)18-25/h4-5,8-19,24H,1-3,6-7,20H2,(H,33,34). The van der Waals surface area contributed by atoms with E-state index in [1.165, 1.54) is 18.0 Å². The lowest BCUT2D eigenvalue weighted by Gasteiger charge is -2.30. The molecule has 0 saturated heterocycles. The van der Waals surface area contributed by atoms with E-state index in [1.807, 2.05) is 35.4 Å². The predicted molar refractivity (Wildman–Crippen MR) is 146 cm³/mol. The number of carbonyl (C=O) groups excluding carboxylic acids is 1. The molecule has 1 amide bonds. The molecule has 0 aliphatic heterocycles. The topological polar surface area (TPSA) is 70.5 Å². The molecule has 5 rings (SSSR count). The van der Waals surface area contributed by atoms with Crippen LogP contribution in [0.4, 0.5) is 5.69 Å². The number of rotatable bonds is 7. The highest BCUT2D eigenvalue weighted by Crippen LogP contribution is 2.30. The van der Waals surface area contributed by atoms with Crippen LogP contribution in [0.5, 0.6) is 0 Å².